The van der Waals surface area contributed by atoms with Crippen LogP contribution >= 0.6 is 0 Å². The summed E-state index contributed by atoms with van der Waals surface area (Å²) in [5.74, 6) is -0.0445. The van der Waals surface area contributed by atoms with Gasteiger partial charge >= 0.3 is 0 Å². The Hall–Kier alpha value is -1.19. The van der Waals surface area contributed by atoms with Crippen molar-refractivity contribution < 1.29 is 14.3 Å². The van der Waals surface area contributed by atoms with Crippen molar-refractivity contribution in [1.29, 1.82) is 0 Å². The highest BCUT2D eigenvalue weighted by molar-refractivity contribution is 5.88. The molecule has 0 spiro atoms. The first kappa shape index (κ1) is 15.2. The molecule has 1 heterocycles. The number of ketones is 1. The van der Waals surface area contributed by atoms with Gasteiger partial charge in [0.05, 0.1) is 17.1 Å². The van der Waals surface area contributed by atoms with Crippen LogP contribution in [0.15, 0.2) is 30.3 Å². The lowest BCUT2D eigenvalue weighted by Crippen LogP contribution is -2.36. The van der Waals surface area contributed by atoms with Gasteiger partial charge in [-0.05, 0) is 39.7 Å². The van der Waals surface area contributed by atoms with Crippen LogP contribution in [0.2, 0.25) is 0 Å². The summed E-state index contributed by atoms with van der Waals surface area (Å²) in [6, 6.07) is 9.65. The summed E-state index contributed by atoms with van der Waals surface area (Å²) in [4.78, 5) is 12.9. The van der Waals surface area contributed by atoms with Crippen LogP contribution in [0, 0.1) is 5.92 Å². The number of benzene rings is 1. The Morgan fingerprint density at radius 2 is 1.85 bits per heavy atom. The number of Topliss-reactive ketones (excluding diaryl/α,β-unsaturated/α-hetero) is 1. The van der Waals surface area contributed by atoms with Crippen molar-refractivity contribution in [3.63, 3.8) is 0 Å². The predicted octanol–water partition coefficient (Wildman–Crippen LogP) is 3.54. The zero-order valence-corrected chi connectivity index (χ0v) is 13.0. The van der Waals surface area contributed by atoms with Gasteiger partial charge in [-0.15, -0.1) is 0 Å². The van der Waals surface area contributed by atoms with Crippen LogP contribution in [-0.4, -0.2) is 24.1 Å². The minimum absolute atomic E-state index is 0.106. The van der Waals surface area contributed by atoms with Gasteiger partial charge in [-0.3, -0.25) is 4.79 Å². The fourth-order valence-electron chi connectivity index (χ4n) is 3.23. The van der Waals surface area contributed by atoms with Crippen molar-refractivity contribution in [2.24, 2.45) is 5.92 Å². The van der Waals surface area contributed by atoms with Crippen LogP contribution < -0.4 is 0 Å². The Balaban J connectivity index is 2.26. The highest BCUT2D eigenvalue weighted by atomic mass is 16.5. The Morgan fingerprint density at radius 3 is 2.30 bits per heavy atom. The molecule has 0 N–H and O–H groups in total. The third-order valence-electron chi connectivity index (χ3n) is 4.01. The van der Waals surface area contributed by atoms with E-state index in [1.54, 1.807) is 7.11 Å². The lowest BCUT2D eigenvalue weighted by Gasteiger charge is -2.28. The highest BCUT2D eigenvalue weighted by Gasteiger charge is 2.50. The van der Waals surface area contributed by atoms with E-state index in [-0.39, 0.29) is 17.3 Å². The molecular weight excluding hydrogens is 252 g/mol. The van der Waals surface area contributed by atoms with E-state index in [0.29, 0.717) is 0 Å². The molecule has 2 atom stereocenters. The summed E-state index contributed by atoms with van der Waals surface area (Å²) in [5, 5.41) is 0. The number of hydrogen-bond acceptors (Lipinski definition) is 3. The van der Waals surface area contributed by atoms with Gasteiger partial charge in [-0.1, -0.05) is 30.3 Å². The second-order valence-electron chi connectivity index (χ2n) is 6.65. The van der Waals surface area contributed by atoms with Crippen molar-refractivity contribution in [3.05, 3.63) is 35.9 Å². The Morgan fingerprint density at radius 1 is 1.25 bits per heavy atom. The number of ether oxygens (including phenoxy) is 2. The van der Waals surface area contributed by atoms with Crippen LogP contribution in [-0.2, 0) is 14.3 Å². The molecular formula is C17H24O3. The molecule has 1 saturated heterocycles. The van der Waals surface area contributed by atoms with Crippen molar-refractivity contribution in [2.75, 3.05) is 7.11 Å². The van der Waals surface area contributed by atoms with Gasteiger partial charge < -0.3 is 9.47 Å². The van der Waals surface area contributed by atoms with Gasteiger partial charge in [0.1, 0.15) is 6.10 Å². The molecule has 0 saturated carbocycles. The molecule has 0 aromatic heterocycles. The molecule has 110 valence electrons. The molecule has 1 aromatic carbocycles. The molecule has 2 unspecified atom stereocenters. The summed E-state index contributed by atoms with van der Waals surface area (Å²) in [5.41, 5.74) is 0.186. The van der Waals surface area contributed by atoms with Crippen LogP contribution in [0.3, 0.4) is 0 Å². The smallest absolute Gasteiger partial charge is 0.172 e. The lowest BCUT2D eigenvalue weighted by atomic mass is 9.81. The van der Waals surface area contributed by atoms with Crippen LogP contribution in [0.1, 0.15) is 45.8 Å². The van der Waals surface area contributed by atoms with E-state index in [0.717, 1.165) is 12.0 Å². The molecule has 3 heteroatoms. The zero-order chi connectivity index (χ0) is 15.0. The molecule has 20 heavy (non-hydrogen) atoms. The van der Waals surface area contributed by atoms with Gasteiger partial charge in [0.25, 0.3) is 0 Å². The van der Waals surface area contributed by atoms with Crippen molar-refractivity contribution in [2.45, 2.75) is 51.4 Å². The van der Waals surface area contributed by atoms with Crippen LogP contribution in [0.25, 0.3) is 0 Å². The maximum Gasteiger partial charge on any atom is 0.172 e. The van der Waals surface area contributed by atoms with Gasteiger partial charge in [-0.2, -0.15) is 0 Å². The average molecular weight is 276 g/mol. The Bertz CT molecular complexity index is 476. The largest absolute Gasteiger partial charge is 0.369 e. The van der Waals surface area contributed by atoms with E-state index in [1.807, 2.05) is 58.0 Å². The highest BCUT2D eigenvalue weighted by Crippen LogP contribution is 2.44. The Kier molecular flexibility index (Phi) is 4.03. The van der Waals surface area contributed by atoms with E-state index in [2.05, 4.69) is 0 Å². The molecule has 0 bridgehead atoms. The van der Waals surface area contributed by atoms with Gasteiger partial charge in [-0.25, -0.2) is 0 Å². The molecule has 2 rings (SSSR count). The van der Waals surface area contributed by atoms with Gasteiger partial charge in [0, 0.05) is 7.11 Å². The van der Waals surface area contributed by atoms with E-state index >= 15 is 0 Å². The summed E-state index contributed by atoms with van der Waals surface area (Å²) >= 11 is 0. The molecule has 0 amide bonds. The topological polar surface area (TPSA) is 35.5 Å². The third-order valence-corrected chi connectivity index (χ3v) is 4.01. The molecule has 1 aromatic rings. The van der Waals surface area contributed by atoms with Gasteiger partial charge in [0.15, 0.2) is 5.78 Å². The molecule has 3 nitrogen and oxygen atoms in total. The molecule has 1 aliphatic heterocycles. The number of carbonyl (C=O) groups is 1. The van der Waals surface area contributed by atoms with Crippen molar-refractivity contribution in [1.82, 2.24) is 0 Å². The van der Waals surface area contributed by atoms with E-state index in [4.69, 9.17) is 9.47 Å². The van der Waals surface area contributed by atoms with Gasteiger partial charge in [0.2, 0.25) is 0 Å². The summed E-state index contributed by atoms with van der Waals surface area (Å²) in [7, 11) is 1.59. The quantitative estimate of drug-likeness (QED) is 0.844. The minimum Gasteiger partial charge on any atom is -0.369 e. The summed E-state index contributed by atoms with van der Waals surface area (Å²) < 4.78 is 11.5. The SMILES string of the molecule is COC(C(=O)C1CC(C)(C)OC1(C)C)c1ccccc1. The lowest BCUT2D eigenvalue weighted by molar-refractivity contribution is -0.139. The number of carbonyl (C=O) groups excluding carboxylic acids is 1. The van der Waals surface area contributed by atoms with E-state index in [1.165, 1.54) is 0 Å². The zero-order valence-electron chi connectivity index (χ0n) is 13.0. The third kappa shape index (κ3) is 2.94. The number of methoxy groups -OCH3 is 1. The second-order valence-corrected chi connectivity index (χ2v) is 6.65. The first-order valence-corrected chi connectivity index (χ1v) is 7.08. The van der Waals surface area contributed by atoms with E-state index < -0.39 is 11.7 Å². The normalized spacial score (nSPS) is 25.4. The predicted molar refractivity (Wildman–Crippen MR) is 78.5 cm³/mol. The van der Waals surface area contributed by atoms with E-state index in [9.17, 15) is 4.79 Å². The molecule has 0 aliphatic carbocycles. The van der Waals surface area contributed by atoms with Crippen LogP contribution in [0.4, 0.5) is 0 Å². The molecule has 1 fully saturated rings. The molecule has 1 aliphatic rings. The van der Waals surface area contributed by atoms with Crippen molar-refractivity contribution in [3.8, 4) is 0 Å². The Labute approximate surface area is 121 Å². The maximum atomic E-state index is 12.9. The first-order valence-electron chi connectivity index (χ1n) is 7.08. The average Bonchev–Trinajstić information content (AvgIpc) is 2.59. The summed E-state index contributed by atoms with van der Waals surface area (Å²) in [6.07, 6.45) is 0.212. The minimum atomic E-state index is -0.516. The monoisotopic (exact) mass is 276 g/mol. The number of rotatable bonds is 4. The first-order chi connectivity index (χ1) is 9.27. The standard InChI is InChI=1S/C17H24O3/c1-16(2)11-13(17(3,4)20-16)14(18)15(19-5)12-9-7-6-8-10-12/h6-10,13,15H,11H2,1-5H3. The maximum absolute atomic E-state index is 12.9. The molecule has 0 radical (unpaired) electrons. The number of hydrogen-bond donors (Lipinski definition) is 0. The second kappa shape index (κ2) is 5.30. The van der Waals surface area contributed by atoms with Crippen LogP contribution in [0.5, 0.6) is 0 Å². The summed E-state index contributed by atoms with van der Waals surface area (Å²) in [6.45, 7) is 8.04. The fourth-order valence-corrected chi connectivity index (χ4v) is 3.23. The fraction of sp³-hybridized carbons (Fsp3) is 0.588. The van der Waals surface area contributed by atoms with Crippen molar-refractivity contribution >= 4 is 5.78 Å².